The van der Waals surface area contributed by atoms with Crippen LogP contribution in [-0.4, -0.2) is 43.8 Å². The third kappa shape index (κ3) is 2.44. The van der Waals surface area contributed by atoms with Gasteiger partial charge in [-0.1, -0.05) is 13.3 Å². The van der Waals surface area contributed by atoms with Crippen LogP contribution in [0.1, 0.15) is 50.3 Å². The number of carbonyl (C=O) groups is 1. The van der Waals surface area contributed by atoms with E-state index in [0.717, 1.165) is 31.2 Å². The van der Waals surface area contributed by atoms with Crippen molar-refractivity contribution in [3.8, 4) is 0 Å². The van der Waals surface area contributed by atoms with Crippen molar-refractivity contribution in [2.24, 2.45) is 5.92 Å². The van der Waals surface area contributed by atoms with Gasteiger partial charge in [-0.15, -0.1) is 0 Å². The van der Waals surface area contributed by atoms with E-state index in [1.807, 2.05) is 4.68 Å². The summed E-state index contributed by atoms with van der Waals surface area (Å²) in [4.78, 5) is 18.2. The number of fused-ring (bicyclic) bond motifs is 1. The second-order valence-corrected chi connectivity index (χ2v) is 5.78. The van der Waals surface area contributed by atoms with Crippen LogP contribution >= 0.6 is 0 Å². The SMILES string of the molecule is CCN1CCCCC1c1nc2n(n1)CCC(C(=O)O)C2. The van der Waals surface area contributed by atoms with Crippen LogP contribution in [0.5, 0.6) is 0 Å². The Morgan fingerprint density at radius 3 is 2.95 bits per heavy atom. The van der Waals surface area contributed by atoms with Gasteiger partial charge in [-0.05, 0) is 32.4 Å². The smallest absolute Gasteiger partial charge is 0.307 e. The standard InChI is InChI=1S/C14H22N4O2/c1-2-17-7-4-3-5-11(17)13-15-12-9-10(14(19)20)6-8-18(12)16-13/h10-11H,2-9H2,1H3,(H,19,20). The van der Waals surface area contributed by atoms with Crippen molar-refractivity contribution >= 4 is 5.97 Å². The first kappa shape index (κ1) is 13.5. The molecule has 2 unspecified atom stereocenters. The summed E-state index contributed by atoms with van der Waals surface area (Å²) in [7, 11) is 0. The first-order valence-corrected chi connectivity index (χ1v) is 7.59. The predicted octanol–water partition coefficient (Wildman–Crippen LogP) is 1.47. The highest BCUT2D eigenvalue weighted by molar-refractivity contribution is 5.70. The monoisotopic (exact) mass is 278 g/mol. The van der Waals surface area contributed by atoms with Crippen molar-refractivity contribution in [3.63, 3.8) is 0 Å². The van der Waals surface area contributed by atoms with E-state index in [1.165, 1.54) is 12.8 Å². The summed E-state index contributed by atoms with van der Waals surface area (Å²) in [6, 6.07) is 0.315. The van der Waals surface area contributed by atoms with Gasteiger partial charge in [-0.25, -0.2) is 9.67 Å². The number of likely N-dealkylation sites (tertiary alicyclic amines) is 1. The Bertz CT molecular complexity index is 499. The third-order valence-corrected chi connectivity index (χ3v) is 4.55. The lowest BCUT2D eigenvalue weighted by Gasteiger charge is -2.32. The van der Waals surface area contributed by atoms with Crippen LogP contribution < -0.4 is 0 Å². The maximum atomic E-state index is 11.1. The summed E-state index contributed by atoms with van der Waals surface area (Å²) in [5.41, 5.74) is 0. The highest BCUT2D eigenvalue weighted by Crippen LogP contribution is 2.30. The van der Waals surface area contributed by atoms with Gasteiger partial charge in [-0.3, -0.25) is 9.69 Å². The van der Waals surface area contributed by atoms with Crippen molar-refractivity contribution in [1.29, 1.82) is 0 Å². The Balaban J connectivity index is 1.81. The molecule has 0 radical (unpaired) electrons. The largest absolute Gasteiger partial charge is 0.481 e. The molecule has 0 aliphatic carbocycles. The van der Waals surface area contributed by atoms with Crippen LogP contribution in [0.2, 0.25) is 0 Å². The zero-order chi connectivity index (χ0) is 14.1. The van der Waals surface area contributed by atoms with Gasteiger partial charge in [0.25, 0.3) is 0 Å². The van der Waals surface area contributed by atoms with Crippen molar-refractivity contribution < 1.29 is 9.90 Å². The van der Waals surface area contributed by atoms with Gasteiger partial charge in [0.15, 0.2) is 5.82 Å². The van der Waals surface area contributed by atoms with Crippen LogP contribution in [0.15, 0.2) is 0 Å². The number of aliphatic carboxylic acids is 1. The van der Waals surface area contributed by atoms with E-state index in [0.29, 0.717) is 25.4 Å². The maximum absolute atomic E-state index is 11.1. The Kier molecular flexibility index (Phi) is 3.74. The quantitative estimate of drug-likeness (QED) is 0.906. The molecule has 2 atom stereocenters. The number of piperidine rings is 1. The average molecular weight is 278 g/mol. The molecule has 2 aliphatic heterocycles. The Labute approximate surface area is 118 Å². The predicted molar refractivity (Wildman–Crippen MR) is 73.3 cm³/mol. The highest BCUT2D eigenvalue weighted by atomic mass is 16.4. The van der Waals surface area contributed by atoms with Crippen LogP contribution in [0, 0.1) is 5.92 Å². The van der Waals surface area contributed by atoms with Crippen molar-refractivity contribution in [3.05, 3.63) is 11.6 Å². The van der Waals surface area contributed by atoms with E-state index >= 15 is 0 Å². The molecule has 2 aliphatic rings. The summed E-state index contributed by atoms with van der Waals surface area (Å²) in [6.45, 7) is 4.99. The van der Waals surface area contributed by atoms with Crippen molar-refractivity contribution in [1.82, 2.24) is 19.7 Å². The summed E-state index contributed by atoms with van der Waals surface area (Å²) in [6.07, 6.45) is 4.76. The number of nitrogens with zero attached hydrogens (tertiary/aromatic N) is 4. The number of carboxylic acids is 1. The van der Waals surface area contributed by atoms with Crippen molar-refractivity contribution in [2.75, 3.05) is 13.1 Å². The van der Waals surface area contributed by atoms with Gasteiger partial charge in [0.1, 0.15) is 5.82 Å². The fraction of sp³-hybridized carbons (Fsp3) is 0.786. The molecule has 1 N–H and O–H groups in total. The van der Waals surface area contributed by atoms with Crippen molar-refractivity contribution in [2.45, 2.75) is 51.6 Å². The van der Waals surface area contributed by atoms with E-state index in [1.54, 1.807) is 0 Å². The maximum Gasteiger partial charge on any atom is 0.307 e. The number of hydrogen-bond acceptors (Lipinski definition) is 4. The minimum Gasteiger partial charge on any atom is -0.481 e. The first-order chi connectivity index (χ1) is 9.69. The summed E-state index contributed by atoms with van der Waals surface area (Å²) in [5.74, 6) is 0.731. The fourth-order valence-electron chi connectivity index (χ4n) is 3.34. The lowest BCUT2D eigenvalue weighted by molar-refractivity contribution is -0.142. The molecule has 3 rings (SSSR count). The molecule has 1 fully saturated rings. The van der Waals surface area contributed by atoms with Gasteiger partial charge >= 0.3 is 5.97 Å². The minimum atomic E-state index is -0.714. The molecule has 0 saturated carbocycles. The number of hydrogen-bond donors (Lipinski definition) is 1. The van der Waals surface area contributed by atoms with Crippen LogP contribution in [-0.2, 0) is 17.8 Å². The van der Waals surface area contributed by atoms with E-state index < -0.39 is 5.97 Å². The van der Waals surface area contributed by atoms with Crippen LogP contribution in [0.3, 0.4) is 0 Å². The Morgan fingerprint density at radius 1 is 1.35 bits per heavy atom. The molecule has 6 heteroatoms. The number of aromatic nitrogens is 3. The molecule has 1 saturated heterocycles. The van der Waals surface area contributed by atoms with Gasteiger partial charge in [0, 0.05) is 13.0 Å². The first-order valence-electron chi connectivity index (χ1n) is 7.59. The normalized spacial score (nSPS) is 27.2. The average Bonchev–Trinajstić information content (AvgIpc) is 2.89. The molecule has 3 heterocycles. The topological polar surface area (TPSA) is 71.2 Å². The van der Waals surface area contributed by atoms with Gasteiger partial charge < -0.3 is 5.11 Å². The van der Waals surface area contributed by atoms with E-state index in [4.69, 9.17) is 5.11 Å². The summed E-state index contributed by atoms with van der Waals surface area (Å²) < 4.78 is 1.91. The molecule has 0 aromatic carbocycles. The van der Waals surface area contributed by atoms with E-state index in [-0.39, 0.29) is 5.92 Å². The highest BCUT2D eigenvalue weighted by Gasteiger charge is 2.31. The zero-order valence-electron chi connectivity index (χ0n) is 12.0. The van der Waals surface area contributed by atoms with Gasteiger partial charge in [0.2, 0.25) is 0 Å². The number of aryl methyl sites for hydroxylation is 1. The molecular formula is C14H22N4O2. The molecule has 110 valence electrons. The molecule has 1 aromatic heterocycles. The van der Waals surface area contributed by atoms with Gasteiger partial charge in [-0.2, -0.15) is 5.10 Å². The molecule has 1 aromatic rings. The number of carboxylic acid groups (broad SMARTS) is 1. The molecule has 0 bridgehead atoms. The fourth-order valence-corrected chi connectivity index (χ4v) is 3.34. The molecule has 20 heavy (non-hydrogen) atoms. The lowest BCUT2D eigenvalue weighted by atomic mass is 9.98. The Hall–Kier alpha value is -1.43. The van der Waals surface area contributed by atoms with Gasteiger partial charge in [0.05, 0.1) is 12.0 Å². The second kappa shape index (κ2) is 5.52. The Morgan fingerprint density at radius 2 is 2.20 bits per heavy atom. The lowest BCUT2D eigenvalue weighted by Crippen LogP contribution is -2.33. The number of rotatable bonds is 3. The van der Waals surface area contributed by atoms with E-state index in [9.17, 15) is 4.79 Å². The van der Waals surface area contributed by atoms with Crippen LogP contribution in [0.25, 0.3) is 0 Å². The van der Waals surface area contributed by atoms with Crippen LogP contribution in [0.4, 0.5) is 0 Å². The summed E-state index contributed by atoms with van der Waals surface area (Å²) in [5, 5.41) is 13.8. The third-order valence-electron chi connectivity index (χ3n) is 4.55. The molecular weight excluding hydrogens is 256 g/mol. The minimum absolute atomic E-state index is 0.298. The molecule has 6 nitrogen and oxygen atoms in total. The zero-order valence-corrected chi connectivity index (χ0v) is 12.0. The van der Waals surface area contributed by atoms with E-state index in [2.05, 4.69) is 21.9 Å². The molecule has 0 spiro atoms. The second-order valence-electron chi connectivity index (χ2n) is 5.78. The summed E-state index contributed by atoms with van der Waals surface area (Å²) >= 11 is 0. The molecule has 0 amide bonds.